The van der Waals surface area contributed by atoms with E-state index in [2.05, 4.69) is 10.3 Å². The fourth-order valence-corrected chi connectivity index (χ4v) is 2.58. The molecule has 142 valence electrons. The number of nitrogens with one attached hydrogen (secondary N) is 1. The second-order valence-corrected chi connectivity index (χ2v) is 6.41. The van der Waals surface area contributed by atoms with E-state index in [0.29, 0.717) is 35.7 Å². The third-order valence-corrected chi connectivity index (χ3v) is 4.12. The average Bonchev–Trinajstić information content (AvgIpc) is 2.69. The lowest BCUT2D eigenvalue weighted by atomic mass is 10.1. The number of primary amides is 1. The normalized spacial score (nSPS) is 10.3. The van der Waals surface area contributed by atoms with Crippen LogP contribution in [0.2, 0.25) is 0 Å². The van der Waals surface area contributed by atoms with Crippen molar-refractivity contribution in [2.24, 2.45) is 5.73 Å². The van der Waals surface area contributed by atoms with E-state index in [-0.39, 0.29) is 5.91 Å². The molecule has 0 bridgehead atoms. The summed E-state index contributed by atoms with van der Waals surface area (Å²) in [5.74, 6) is 0.199. The zero-order chi connectivity index (χ0) is 19.9. The number of hydrogen-bond donors (Lipinski definition) is 2. The smallest absolute Gasteiger partial charge is 0.248 e. The molecule has 0 fully saturated rings. The molecular formula is C22H21N3O3. The molecule has 0 saturated heterocycles. The van der Waals surface area contributed by atoms with Crippen molar-refractivity contribution in [1.29, 1.82) is 0 Å². The van der Waals surface area contributed by atoms with Gasteiger partial charge in [0.15, 0.2) is 0 Å². The van der Waals surface area contributed by atoms with Gasteiger partial charge in [0.05, 0.1) is 11.9 Å². The van der Waals surface area contributed by atoms with Crippen molar-refractivity contribution in [3.63, 3.8) is 0 Å². The summed E-state index contributed by atoms with van der Waals surface area (Å²) in [7, 11) is 0. The van der Waals surface area contributed by atoms with E-state index < -0.39 is 5.91 Å². The van der Waals surface area contributed by atoms with Crippen LogP contribution in [0.4, 0.5) is 5.69 Å². The molecule has 3 aromatic rings. The van der Waals surface area contributed by atoms with Crippen LogP contribution >= 0.6 is 0 Å². The highest BCUT2D eigenvalue weighted by molar-refractivity contribution is 5.93. The van der Waals surface area contributed by atoms with Crippen LogP contribution in [0.3, 0.4) is 0 Å². The van der Waals surface area contributed by atoms with Crippen LogP contribution < -0.4 is 15.8 Å². The highest BCUT2D eigenvalue weighted by Gasteiger charge is 2.06. The van der Waals surface area contributed by atoms with E-state index in [1.54, 1.807) is 36.4 Å². The van der Waals surface area contributed by atoms with Crippen molar-refractivity contribution in [3.05, 3.63) is 83.6 Å². The maximum Gasteiger partial charge on any atom is 0.248 e. The number of ether oxygens (including phenoxy) is 1. The number of nitrogens with two attached hydrogens (primary N) is 1. The Morgan fingerprint density at radius 2 is 1.86 bits per heavy atom. The van der Waals surface area contributed by atoms with E-state index in [9.17, 15) is 9.59 Å². The van der Waals surface area contributed by atoms with Gasteiger partial charge in [-0.2, -0.15) is 0 Å². The minimum absolute atomic E-state index is 0.0785. The number of aryl methyl sites for hydroxylation is 2. The van der Waals surface area contributed by atoms with Crippen LogP contribution in [0.1, 0.15) is 27.9 Å². The molecule has 0 aliphatic heterocycles. The maximum absolute atomic E-state index is 12.1. The van der Waals surface area contributed by atoms with Gasteiger partial charge in [0, 0.05) is 18.1 Å². The molecule has 1 heterocycles. The number of carbonyl (C=O) groups is 2. The highest BCUT2D eigenvalue weighted by atomic mass is 16.5. The molecule has 0 radical (unpaired) electrons. The second kappa shape index (κ2) is 8.81. The third-order valence-electron chi connectivity index (χ3n) is 4.12. The summed E-state index contributed by atoms with van der Waals surface area (Å²) in [4.78, 5) is 27.5. The van der Waals surface area contributed by atoms with E-state index in [0.717, 1.165) is 5.56 Å². The number of amides is 2. The van der Waals surface area contributed by atoms with Crippen LogP contribution in [0.25, 0.3) is 0 Å². The van der Waals surface area contributed by atoms with Crippen LogP contribution in [-0.2, 0) is 11.2 Å². The Morgan fingerprint density at radius 3 is 2.54 bits per heavy atom. The lowest BCUT2D eigenvalue weighted by Crippen LogP contribution is -2.12. The minimum Gasteiger partial charge on any atom is -0.439 e. The summed E-state index contributed by atoms with van der Waals surface area (Å²) in [6.07, 6.45) is 2.59. The summed E-state index contributed by atoms with van der Waals surface area (Å²) >= 11 is 0. The molecule has 1 aromatic heterocycles. The molecule has 0 unspecified atom stereocenters. The molecule has 2 aromatic carbocycles. The summed E-state index contributed by atoms with van der Waals surface area (Å²) < 4.78 is 5.61. The second-order valence-electron chi connectivity index (χ2n) is 6.41. The topological polar surface area (TPSA) is 94.3 Å². The first-order valence-corrected chi connectivity index (χ1v) is 8.89. The molecule has 3 rings (SSSR count). The molecular weight excluding hydrogens is 354 g/mol. The Balaban J connectivity index is 1.53. The van der Waals surface area contributed by atoms with E-state index in [1.165, 1.54) is 11.8 Å². The largest absolute Gasteiger partial charge is 0.439 e. The van der Waals surface area contributed by atoms with Gasteiger partial charge in [0.25, 0.3) is 0 Å². The molecule has 0 spiro atoms. The Morgan fingerprint density at radius 1 is 1.07 bits per heavy atom. The number of anilines is 1. The Labute approximate surface area is 163 Å². The van der Waals surface area contributed by atoms with Gasteiger partial charge >= 0.3 is 0 Å². The quantitative estimate of drug-likeness (QED) is 0.656. The molecule has 6 heteroatoms. The summed E-state index contributed by atoms with van der Waals surface area (Å²) in [5, 5.41) is 2.82. The summed E-state index contributed by atoms with van der Waals surface area (Å²) in [6.45, 7) is 2.03. The molecule has 3 N–H and O–H groups in total. The highest BCUT2D eigenvalue weighted by Crippen LogP contribution is 2.21. The van der Waals surface area contributed by atoms with Crippen molar-refractivity contribution in [1.82, 2.24) is 4.98 Å². The van der Waals surface area contributed by atoms with Gasteiger partial charge < -0.3 is 15.8 Å². The number of hydrogen-bond acceptors (Lipinski definition) is 4. The lowest BCUT2D eigenvalue weighted by Gasteiger charge is -2.08. The van der Waals surface area contributed by atoms with Crippen molar-refractivity contribution in [2.45, 2.75) is 19.8 Å². The number of rotatable bonds is 7. The van der Waals surface area contributed by atoms with Gasteiger partial charge in [-0.05, 0) is 43.2 Å². The molecule has 0 atom stereocenters. The molecule has 28 heavy (non-hydrogen) atoms. The lowest BCUT2D eigenvalue weighted by molar-refractivity contribution is -0.116. The van der Waals surface area contributed by atoms with Crippen molar-refractivity contribution >= 4 is 17.5 Å². The number of carbonyl (C=O) groups excluding carboxylic acids is 2. The first-order chi connectivity index (χ1) is 13.5. The summed E-state index contributed by atoms with van der Waals surface area (Å²) in [5.41, 5.74) is 8.53. The minimum atomic E-state index is -0.526. The summed E-state index contributed by atoms with van der Waals surface area (Å²) in [6, 6.07) is 18.0. The van der Waals surface area contributed by atoms with Gasteiger partial charge in [0.1, 0.15) is 5.75 Å². The zero-order valence-electron chi connectivity index (χ0n) is 15.5. The standard InChI is InChI=1S/C22H21N3O3/c1-15-5-7-16(8-6-15)9-11-20(26)25-18-10-12-21(24-14-18)28-19-4-2-3-17(13-19)22(23)27/h2-8,10,12-14H,9,11H2,1H3,(H2,23,27)(H,25,26). The van der Waals surface area contributed by atoms with Crippen LogP contribution in [0.15, 0.2) is 66.9 Å². The first kappa shape index (κ1) is 19.1. The van der Waals surface area contributed by atoms with Crippen LogP contribution in [0, 0.1) is 6.92 Å². The van der Waals surface area contributed by atoms with Gasteiger partial charge in [0.2, 0.25) is 17.7 Å². The number of pyridine rings is 1. The van der Waals surface area contributed by atoms with E-state index in [4.69, 9.17) is 10.5 Å². The molecule has 6 nitrogen and oxygen atoms in total. The van der Waals surface area contributed by atoms with E-state index >= 15 is 0 Å². The van der Waals surface area contributed by atoms with E-state index in [1.807, 2.05) is 31.2 Å². The predicted octanol–water partition coefficient (Wildman–Crippen LogP) is 3.85. The fraction of sp³-hybridized carbons (Fsp3) is 0.136. The van der Waals surface area contributed by atoms with Crippen LogP contribution in [-0.4, -0.2) is 16.8 Å². The van der Waals surface area contributed by atoms with Gasteiger partial charge in [-0.3, -0.25) is 9.59 Å². The molecule has 0 saturated carbocycles. The number of benzene rings is 2. The Bertz CT molecular complexity index is 967. The molecule has 0 aliphatic carbocycles. The molecule has 0 aliphatic rings. The average molecular weight is 375 g/mol. The monoisotopic (exact) mass is 375 g/mol. The van der Waals surface area contributed by atoms with Gasteiger partial charge in [-0.15, -0.1) is 0 Å². The number of nitrogens with zero attached hydrogens (tertiary/aromatic N) is 1. The SMILES string of the molecule is Cc1ccc(CCC(=O)Nc2ccc(Oc3cccc(C(N)=O)c3)nc2)cc1. The van der Waals surface area contributed by atoms with Gasteiger partial charge in [-0.25, -0.2) is 4.98 Å². The Kier molecular flexibility index (Phi) is 6.01. The fourth-order valence-electron chi connectivity index (χ4n) is 2.58. The van der Waals surface area contributed by atoms with Crippen molar-refractivity contribution in [2.75, 3.05) is 5.32 Å². The Hall–Kier alpha value is -3.67. The van der Waals surface area contributed by atoms with Gasteiger partial charge in [-0.1, -0.05) is 35.9 Å². The molecule has 2 amide bonds. The van der Waals surface area contributed by atoms with Crippen LogP contribution in [0.5, 0.6) is 11.6 Å². The first-order valence-electron chi connectivity index (χ1n) is 8.89. The van der Waals surface area contributed by atoms with Crippen molar-refractivity contribution in [3.8, 4) is 11.6 Å². The van der Waals surface area contributed by atoms with Crippen molar-refractivity contribution < 1.29 is 14.3 Å². The third kappa shape index (κ3) is 5.41. The number of aromatic nitrogens is 1. The predicted molar refractivity (Wildman–Crippen MR) is 107 cm³/mol. The zero-order valence-corrected chi connectivity index (χ0v) is 15.5. The maximum atomic E-state index is 12.1.